The summed E-state index contributed by atoms with van der Waals surface area (Å²) in [5.41, 5.74) is 2.63. The van der Waals surface area contributed by atoms with E-state index in [1.807, 2.05) is 13.0 Å². The highest BCUT2D eigenvalue weighted by molar-refractivity contribution is 5.49. The molecule has 1 aliphatic rings. The normalized spacial score (nSPS) is 19.1. The monoisotopic (exact) mass is 279 g/mol. The molecule has 112 valence electrons. The molecule has 6 heteroatoms. The minimum atomic E-state index is 0.299. The van der Waals surface area contributed by atoms with Gasteiger partial charge in [0.1, 0.15) is 17.5 Å². The highest BCUT2D eigenvalue weighted by Crippen LogP contribution is 2.22. The Labute approximate surface area is 120 Å². The van der Waals surface area contributed by atoms with Gasteiger partial charge in [-0.3, -0.25) is 0 Å². The fraction of sp³-hybridized carbons (Fsp3) is 0.714. The van der Waals surface area contributed by atoms with E-state index in [0.29, 0.717) is 11.9 Å². The summed E-state index contributed by atoms with van der Waals surface area (Å²) < 4.78 is 5.74. The van der Waals surface area contributed by atoms with Crippen LogP contribution in [-0.4, -0.2) is 35.8 Å². The Hall–Kier alpha value is -1.40. The maximum atomic E-state index is 5.74. The summed E-state index contributed by atoms with van der Waals surface area (Å²) in [6.07, 6.45) is 4.44. The number of nitrogen functional groups attached to an aromatic ring is 1. The molecule has 1 unspecified atom stereocenters. The number of nitrogens with two attached hydrogens (primary N) is 1. The van der Waals surface area contributed by atoms with Gasteiger partial charge in [-0.25, -0.2) is 15.8 Å². The zero-order chi connectivity index (χ0) is 14.4. The van der Waals surface area contributed by atoms with Crippen molar-refractivity contribution in [3.8, 4) is 0 Å². The summed E-state index contributed by atoms with van der Waals surface area (Å²) >= 11 is 0. The highest BCUT2D eigenvalue weighted by Gasteiger charge is 2.21. The average Bonchev–Trinajstić information content (AvgIpc) is 2.48. The standard InChI is InChI=1S/C14H25N5O/c1-3-6-12-16-13(18-15)9-14(17-12)19-8-5-7-11(10-19)20-4-2/h9,11H,3-8,10,15H2,1-2H3,(H,16,17,18). The van der Waals surface area contributed by atoms with E-state index in [2.05, 4.69) is 27.2 Å². The number of hydrogen-bond donors (Lipinski definition) is 2. The molecule has 3 N–H and O–H groups in total. The van der Waals surface area contributed by atoms with Crippen molar-refractivity contribution in [3.63, 3.8) is 0 Å². The Bertz CT molecular complexity index is 424. The minimum Gasteiger partial charge on any atom is -0.377 e. The van der Waals surface area contributed by atoms with Gasteiger partial charge in [0, 0.05) is 32.2 Å². The van der Waals surface area contributed by atoms with Crippen LogP contribution in [0.4, 0.5) is 11.6 Å². The van der Waals surface area contributed by atoms with Gasteiger partial charge in [-0.1, -0.05) is 6.92 Å². The SMILES string of the molecule is CCCc1nc(NN)cc(N2CCCC(OCC)C2)n1. The molecule has 1 aliphatic heterocycles. The minimum absolute atomic E-state index is 0.299. The maximum absolute atomic E-state index is 5.74. The number of anilines is 2. The van der Waals surface area contributed by atoms with Gasteiger partial charge in [0.25, 0.3) is 0 Å². The lowest BCUT2D eigenvalue weighted by molar-refractivity contribution is 0.0525. The second kappa shape index (κ2) is 7.40. The van der Waals surface area contributed by atoms with Crippen LogP contribution < -0.4 is 16.2 Å². The van der Waals surface area contributed by atoms with Gasteiger partial charge in [0.2, 0.25) is 0 Å². The van der Waals surface area contributed by atoms with E-state index < -0.39 is 0 Å². The molecule has 0 saturated carbocycles. The number of hydrazine groups is 1. The van der Waals surface area contributed by atoms with E-state index in [0.717, 1.165) is 57.0 Å². The van der Waals surface area contributed by atoms with Crippen LogP contribution in [0.1, 0.15) is 38.9 Å². The smallest absolute Gasteiger partial charge is 0.145 e. The summed E-state index contributed by atoms with van der Waals surface area (Å²) in [5.74, 6) is 7.97. The zero-order valence-corrected chi connectivity index (χ0v) is 12.4. The average molecular weight is 279 g/mol. The number of ether oxygens (including phenoxy) is 1. The van der Waals surface area contributed by atoms with Crippen molar-refractivity contribution in [1.29, 1.82) is 0 Å². The summed E-state index contributed by atoms with van der Waals surface area (Å²) in [6, 6.07) is 1.91. The van der Waals surface area contributed by atoms with Crippen LogP contribution in [-0.2, 0) is 11.2 Å². The fourth-order valence-electron chi connectivity index (χ4n) is 2.57. The van der Waals surface area contributed by atoms with Gasteiger partial charge in [-0.05, 0) is 26.2 Å². The largest absolute Gasteiger partial charge is 0.377 e. The van der Waals surface area contributed by atoms with Crippen LogP contribution in [0.3, 0.4) is 0 Å². The molecule has 0 bridgehead atoms. The van der Waals surface area contributed by atoms with Gasteiger partial charge in [0.15, 0.2) is 0 Å². The van der Waals surface area contributed by atoms with Crippen LogP contribution in [0.5, 0.6) is 0 Å². The molecule has 2 heterocycles. The number of nitrogens with zero attached hydrogens (tertiary/aromatic N) is 3. The van der Waals surface area contributed by atoms with Crippen molar-refractivity contribution < 1.29 is 4.74 Å². The first-order valence-electron chi connectivity index (χ1n) is 7.48. The summed E-state index contributed by atoms with van der Waals surface area (Å²) in [7, 11) is 0. The molecule has 0 aliphatic carbocycles. The predicted molar refractivity (Wildman–Crippen MR) is 80.7 cm³/mol. The van der Waals surface area contributed by atoms with E-state index in [1.54, 1.807) is 0 Å². The van der Waals surface area contributed by atoms with E-state index in [1.165, 1.54) is 0 Å². The quantitative estimate of drug-likeness (QED) is 0.610. The first-order valence-corrected chi connectivity index (χ1v) is 7.48. The second-order valence-electron chi connectivity index (χ2n) is 5.09. The van der Waals surface area contributed by atoms with Crippen molar-refractivity contribution in [2.75, 3.05) is 30.0 Å². The molecule has 0 radical (unpaired) electrons. The number of piperidine rings is 1. The van der Waals surface area contributed by atoms with Crippen LogP contribution in [0.25, 0.3) is 0 Å². The van der Waals surface area contributed by atoms with Crippen molar-refractivity contribution in [1.82, 2.24) is 9.97 Å². The first-order chi connectivity index (χ1) is 9.76. The Balaban J connectivity index is 2.15. The van der Waals surface area contributed by atoms with Crippen LogP contribution >= 0.6 is 0 Å². The van der Waals surface area contributed by atoms with Crippen molar-refractivity contribution in [3.05, 3.63) is 11.9 Å². The van der Waals surface area contributed by atoms with Crippen molar-refractivity contribution in [2.24, 2.45) is 5.84 Å². The molecule has 6 nitrogen and oxygen atoms in total. The van der Waals surface area contributed by atoms with Gasteiger partial charge in [-0.15, -0.1) is 0 Å². The lowest BCUT2D eigenvalue weighted by Crippen LogP contribution is -2.40. The number of hydrogen-bond acceptors (Lipinski definition) is 6. The van der Waals surface area contributed by atoms with Crippen molar-refractivity contribution in [2.45, 2.75) is 45.6 Å². The molecule has 1 aromatic rings. The second-order valence-corrected chi connectivity index (χ2v) is 5.09. The molecule has 20 heavy (non-hydrogen) atoms. The van der Waals surface area contributed by atoms with Gasteiger partial charge in [-0.2, -0.15) is 0 Å². The molecule has 1 fully saturated rings. The molecule has 1 aromatic heterocycles. The van der Waals surface area contributed by atoms with E-state index in [-0.39, 0.29) is 0 Å². The number of aryl methyl sites for hydroxylation is 1. The van der Waals surface area contributed by atoms with Gasteiger partial charge < -0.3 is 15.1 Å². The third-order valence-electron chi connectivity index (χ3n) is 3.48. The highest BCUT2D eigenvalue weighted by atomic mass is 16.5. The van der Waals surface area contributed by atoms with Crippen LogP contribution in [0.2, 0.25) is 0 Å². The van der Waals surface area contributed by atoms with E-state index in [4.69, 9.17) is 10.6 Å². The Morgan fingerprint density at radius 1 is 1.45 bits per heavy atom. The van der Waals surface area contributed by atoms with Crippen molar-refractivity contribution >= 4 is 11.6 Å². The predicted octanol–water partition coefficient (Wildman–Crippen LogP) is 1.72. The van der Waals surface area contributed by atoms with E-state index in [9.17, 15) is 0 Å². The summed E-state index contributed by atoms with van der Waals surface area (Å²) in [4.78, 5) is 11.3. The third-order valence-corrected chi connectivity index (χ3v) is 3.48. The summed E-state index contributed by atoms with van der Waals surface area (Å²) in [5, 5.41) is 0. The molecular formula is C14H25N5O. The molecular weight excluding hydrogens is 254 g/mol. The fourth-order valence-corrected chi connectivity index (χ4v) is 2.57. The molecule has 0 spiro atoms. The molecule has 2 rings (SSSR count). The molecule has 0 amide bonds. The topological polar surface area (TPSA) is 76.3 Å². The Morgan fingerprint density at radius 2 is 2.30 bits per heavy atom. The Kier molecular flexibility index (Phi) is 5.55. The number of rotatable bonds is 6. The number of aromatic nitrogens is 2. The van der Waals surface area contributed by atoms with Crippen LogP contribution in [0.15, 0.2) is 6.07 Å². The third kappa shape index (κ3) is 3.80. The van der Waals surface area contributed by atoms with Crippen LogP contribution in [0, 0.1) is 0 Å². The summed E-state index contributed by atoms with van der Waals surface area (Å²) in [6.45, 7) is 6.83. The lowest BCUT2D eigenvalue weighted by Gasteiger charge is -2.33. The maximum Gasteiger partial charge on any atom is 0.145 e. The zero-order valence-electron chi connectivity index (χ0n) is 12.4. The molecule has 0 aromatic carbocycles. The molecule has 1 atom stereocenters. The lowest BCUT2D eigenvalue weighted by atomic mass is 10.1. The van der Waals surface area contributed by atoms with Gasteiger partial charge in [0.05, 0.1) is 6.10 Å². The van der Waals surface area contributed by atoms with Gasteiger partial charge >= 0.3 is 0 Å². The number of nitrogens with one attached hydrogen (secondary N) is 1. The first kappa shape index (κ1) is 15.0. The van der Waals surface area contributed by atoms with E-state index >= 15 is 0 Å². The molecule has 1 saturated heterocycles. The Morgan fingerprint density at radius 3 is 3.00 bits per heavy atom.